The number of hydrazine groups is 1. The molecule has 0 aromatic rings. The molecule has 0 amide bonds. The topological polar surface area (TPSA) is 81.1 Å². The van der Waals surface area contributed by atoms with Gasteiger partial charge in [0.05, 0.1) is 0 Å². The second-order valence-corrected chi connectivity index (χ2v) is 2.21. The maximum absolute atomic E-state index is 10.3. The zero-order valence-electron chi connectivity index (χ0n) is 4.78. The number of hydrogen-bond acceptors (Lipinski definition) is 3. The normalized spacial score (nSPS) is 21.8. The second kappa shape index (κ2) is 5.49. The molecule has 9 heavy (non-hydrogen) atoms. The molecule has 1 unspecified atom stereocenters. The first-order valence-corrected chi connectivity index (χ1v) is 3.44. The molecule has 1 heterocycles. The predicted octanol–water partition coefficient (Wildman–Crippen LogP) is -0.901. The monoisotopic (exact) mass is 147 g/mol. The van der Waals surface area contributed by atoms with Crippen molar-refractivity contribution in [1.82, 2.24) is 4.72 Å². The van der Waals surface area contributed by atoms with Crippen LogP contribution in [0.15, 0.2) is 23.8 Å². The van der Waals surface area contributed by atoms with E-state index >= 15 is 0 Å². The largest absolute Gasteiger partial charge is 0.308 e. The highest BCUT2D eigenvalue weighted by molar-refractivity contribution is 7.86. The lowest BCUT2D eigenvalue weighted by molar-refractivity contribution is 0.685. The molecule has 4 nitrogen and oxygen atoms in total. The number of hydrogen-bond donors (Lipinski definition) is 3. The summed E-state index contributed by atoms with van der Waals surface area (Å²) in [6.45, 7) is 0. The molecule has 0 bridgehead atoms. The molecular formula is C4H9N3OS. The minimum absolute atomic E-state index is 0.958. The van der Waals surface area contributed by atoms with Crippen LogP contribution in [-0.4, -0.2) is 4.21 Å². The summed E-state index contributed by atoms with van der Waals surface area (Å²) in [5.41, 5.74) is 0. The first-order valence-electron chi connectivity index (χ1n) is 2.23. The van der Waals surface area contributed by atoms with Gasteiger partial charge in [-0.25, -0.2) is 4.21 Å². The average molecular weight is 147 g/mol. The van der Waals surface area contributed by atoms with E-state index in [1.54, 1.807) is 23.8 Å². The number of nitrogens with one attached hydrogen (secondary N) is 1. The van der Waals surface area contributed by atoms with Crippen LogP contribution in [-0.2, 0) is 11.0 Å². The Bertz CT molecular complexity index is 143. The highest BCUT2D eigenvalue weighted by atomic mass is 32.2. The van der Waals surface area contributed by atoms with Gasteiger partial charge in [0, 0.05) is 11.6 Å². The molecule has 1 aliphatic heterocycles. The van der Waals surface area contributed by atoms with Crippen LogP contribution < -0.4 is 16.4 Å². The molecule has 1 atom stereocenters. The quantitative estimate of drug-likeness (QED) is 0.307. The number of allylic oxidation sites excluding steroid dienone is 2. The molecule has 0 radical (unpaired) electrons. The number of rotatable bonds is 0. The lowest BCUT2D eigenvalue weighted by atomic mass is 10.6. The van der Waals surface area contributed by atoms with Gasteiger partial charge in [0.25, 0.3) is 0 Å². The minimum Gasteiger partial charge on any atom is -0.308 e. The van der Waals surface area contributed by atoms with E-state index in [1.807, 2.05) is 0 Å². The fourth-order valence-electron chi connectivity index (χ4n) is 0.318. The summed E-state index contributed by atoms with van der Waals surface area (Å²) in [6.07, 6.45) is 5.18. The van der Waals surface area contributed by atoms with E-state index < -0.39 is 11.0 Å². The molecule has 0 fully saturated rings. The van der Waals surface area contributed by atoms with Crippen molar-refractivity contribution in [2.75, 3.05) is 0 Å². The lowest BCUT2D eigenvalue weighted by Gasteiger charge is -1.94. The van der Waals surface area contributed by atoms with Crippen molar-refractivity contribution in [1.29, 1.82) is 0 Å². The molecule has 5 heteroatoms. The van der Waals surface area contributed by atoms with E-state index in [9.17, 15) is 4.21 Å². The van der Waals surface area contributed by atoms with E-state index in [4.69, 9.17) is 0 Å². The fourth-order valence-corrected chi connectivity index (χ4v) is 0.843. The van der Waals surface area contributed by atoms with Gasteiger partial charge in [0.15, 0.2) is 0 Å². The molecule has 1 rings (SSSR count). The van der Waals surface area contributed by atoms with E-state index in [1.165, 1.54) is 0 Å². The third-order valence-electron chi connectivity index (χ3n) is 0.594. The average Bonchev–Trinajstić information content (AvgIpc) is 1.94. The lowest BCUT2D eigenvalue weighted by Crippen LogP contribution is -2.07. The Morgan fingerprint density at radius 1 is 1.33 bits per heavy atom. The van der Waals surface area contributed by atoms with Gasteiger partial charge in [-0.05, 0) is 6.08 Å². The van der Waals surface area contributed by atoms with Crippen molar-refractivity contribution in [3.8, 4) is 0 Å². The smallest absolute Gasteiger partial charge is 0.142 e. The zero-order chi connectivity index (χ0) is 7.11. The third kappa shape index (κ3) is 3.89. The van der Waals surface area contributed by atoms with Gasteiger partial charge in [-0.2, -0.15) is 0 Å². The third-order valence-corrected chi connectivity index (χ3v) is 1.37. The predicted molar refractivity (Wildman–Crippen MR) is 37.9 cm³/mol. The Morgan fingerprint density at radius 2 is 2.00 bits per heavy atom. The summed E-state index contributed by atoms with van der Waals surface area (Å²) in [6, 6.07) is 0. The summed E-state index contributed by atoms with van der Waals surface area (Å²) < 4.78 is 12.9. The zero-order valence-corrected chi connectivity index (χ0v) is 5.60. The SMILES string of the molecule is NN.O=S1C=CC=CN1. The maximum atomic E-state index is 10.3. The van der Waals surface area contributed by atoms with E-state index in [0.29, 0.717) is 0 Å². The van der Waals surface area contributed by atoms with Crippen LogP contribution in [0.3, 0.4) is 0 Å². The van der Waals surface area contributed by atoms with Gasteiger partial charge in [0.1, 0.15) is 11.0 Å². The standard InChI is InChI=1S/C4H5NOS.H4N2/c6-7-4-2-1-3-5-7;1-2/h1-5H;1-2H2. The van der Waals surface area contributed by atoms with Gasteiger partial charge >= 0.3 is 0 Å². The Labute approximate surface area is 56.2 Å². The van der Waals surface area contributed by atoms with Crippen LogP contribution in [0.5, 0.6) is 0 Å². The maximum Gasteiger partial charge on any atom is 0.142 e. The van der Waals surface area contributed by atoms with Gasteiger partial charge in [0.2, 0.25) is 0 Å². The van der Waals surface area contributed by atoms with Crippen molar-refractivity contribution < 1.29 is 4.21 Å². The second-order valence-electron chi connectivity index (χ2n) is 1.10. The molecule has 0 aromatic heterocycles. The molecule has 5 N–H and O–H groups in total. The van der Waals surface area contributed by atoms with E-state index in [-0.39, 0.29) is 0 Å². The molecule has 52 valence electrons. The van der Waals surface area contributed by atoms with Crippen LogP contribution in [0.1, 0.15) is 0 Å². The molecule has 0 spiro atoms. The summed E-state index contributed by atoms with van der Waals surface area (Å²) in [7, 11) is -0.958. The van der Waals surface area contributed by atoms with Crippen molar-refractivity contribution in [2.24, 2.45) is 11.7 Å². The van der Waals surface area contributed by atoms with E-state index in [2.05, 4.69) is 16.4 Å². The molecule has 0 aliphatic carbocycles. The van der Waals surface area contributed by atoms with Crippen LogP contribution >= 0.6 is 0 Å². The van der Waals surface area contributed by atoms with Crippen LogP contribution in [0.25, 0.3) is 0 Å². The van der Waals surface area contributed by atoms with Gasteiger partial charge in [-0.15, -0.1) is 0 Å². The molecule has 0 aromatic carbocycles. The molecule has 1 aliphatic rings. The fraction of sp³-hybridized carbons (Fsp3) is 0. The minimum atomic E-state index is -0.958. The van der Waals surface area contributed by atoms with Crippen molar-refractivity contribution in [3.05, 3.63) is 23.8 Å². The highest BCUT2D eigenvalue weighted by Gasteiger charge is 1.87. The first-order chi connectivity index (χ1) is 4.39. The summed E-state index contributed by atoms with van der Waals surface area (Å²) in [5, 5.41) is 1.58. The van der Waals surface area contributed by atoms with Crippen LogP contribution in [0.4, 0.5) is 0 Å². The van der Waals surface area contributed by atoms with Gasteiger partial charge < -0.3 is 4.72 Å². The van der Waals surface area contributed by atoms with Gasteiger partial charge in [-0.3, -0.25) is 11.7 Å². The van der Waals surface area contributed by atoms with Crippen molar-refractivity contribution in [2.45, 2.75) is 0 Å². The Hall–Kier alpha value is -0.650. The molecule has 0 saturated heterocycles. The van der Waals surface area contributed by atoms with Crippen molar-refractivity contribution in [3.63, 3.8) is 0 Å². The van der Waals surface area contributed by atoms with Crippen LogP contribution in [0, 0.1) is 0 Å². The van der Waals surface area contributed by atoms with Crippen molar-refractivity contribution >= 4 is 11.0 Å². The molecular weight excluding hydrogens is 138 g/mol. The summed E-state index contributed by atoms with van der Waals surface area (Å²) in [4.78, 5) is 0. The van der Waals surface area contributed by atoms with Gasteiger partial charge in [-0.1, -0.05) is 6.08 Å². The summed E-state index contributed by atoms with van der Waals surface area (Å²) >= 11 is 0. The van der Waals surface area contributed by atoms with Crippen LogP contribution in [0.2, 0.25) is 0 Å². The highest BCUT2D eigenvalue weighted by Crippen LogP contribution is 1.86. The Morgan fingerprint density at radius 3 is 2.22 bits per heavy atom. The Balaban J connectivity index is 0.000000291. The molecule has 0 saturated carbocycles. The Kier molecular flexibility index (Phi) is 5.09. The summed E-state index contributed by atoms with van der Waals surface area (Å²) in [5.74, 6) is 8.00. The van der Waals surface area contributed by atoms with E-state index in [0.717, 1.165) is 0 Å². The number of nitrogens with two attached hydrogens (primary N) is 2. The first kappa shape index (κ1) is 8.35.